The monoisotopic (exact) mass is 676 g/mol. The Bertz CT molecular complexity index is 1080. The van der Waals surface area contributed by atoms with E-state index in [1.807, 2.05) is 0 Å². The molecule has 6 atom stereocenters. The molecule has 0 bridgehead atoms. The van der Waals surface area contributed by atoms with Crippen molar-refractivity contribution in [1.82, 2.24) is 36.4 Å². The number of carbonyl (C=O) groups excluding carboxylic acids is 6. The molecule has 0 radical (unpaired) electrons. The fourth-order valence-corrected chi connectivity index (χ4v) is 4.86. The van der Waals surface area contributed by atoms with Crippen molar-refractivity contribution in [1.29, 1.82) is 0 Å². The van der Waals surface area contributed by atoms with E-state index in [0.29, 0.717) is 25.8 Å². The van der Waals surface area contributed by atoms with Crippen LogP contribution in [0.15, 0.2) is 0 Å². The largest absolute Gasteiger partial charge is 0.480 e. The molecule has 6 amide bonds. The molecule has 0 aromatic rings. The van der Waals surface area contributed by atoms with E-state index in [0.717, 1.165) is 0 Å². The van der Waals surface area contributed by atoms with Gasteiger partial charge in [-0.2, -0.15) is 12.6 Å². The normalized spacial score (nSPS) is 17.7. The van der Waals surface area contributed by atoms with E-state index in [-0.39, 0.29) is 31.7 Å². The van der Waals surface area contributed by atoms with Crippen LogP contribution in [0.1, 0.15) is 39.0 Å². The minimum atomic E-state index is -1.54. The van der Waals surface area contributed by atoms with Gasteiger partial charge in [-0.25, -0.2) is 4.79 Å². The van der Waals surface area contributed by atoms with Crippen LogP contribution < -0.4 is 32.3 Å². The standard InChI is InChI=1S/C27H48N8O10S/c1-15(37)22(25(42)31-16(7-4-5-9-28)26(43)35-10-6-8-19(35)27(44)45)33-20(38)11-29-23(40)18(14-46)32-24(41)17(13-36)30-21(39)12-34(2)3/h15-19,22,36-37,46H,4-14,28H2,1-3H3,(H,29,40)(H,30,39)(H,31,42)(H,32,41)(H,33,38)(H,44,45)/t15-,16+,17+,18+,19+,22+/m1/s1. The number of carboxylic acids is 1. The number of aliphatic hydroxyl groups excluding tert-OH is 2. The number of likely N-dealkylation sites (N-methyl/N-ethyl adjacent to an activating group) is 1. The Morgan fingerprint density at radius 3 is 2.13 bits per heavy atom. The van der Waals surface area contributed by atoms with E-state index < -0.39 is 90.9 Å². The number of aliphatic hydroxyl groups is 2. The van der Waals surface area contributed by atoms with E-state index >= 15 is 0 Å². The number of nitrogens with one attached hydrogen (secondary N) is 5. The molecule has 0 aromatic carbocycles. The summed E-state index contributed by atoms with van der Waals surface area (Å²) >= 11 is 4.03. The molecule has 1 aliphatic rings. The predicted molar refractivity (Wildman–Crippen MR) is 167 cm³/mol. The highest BCUT2D eigenvalue weighted by atomic mass is 32.1. The highest BCUT2D eigenvalue weighted by molar-refractivity contribution is 7.80. The van der Waals surface area contributed by atoms with Gasteiger partial charge in [-0.15, -0.1) is 0 Å². The molecule has 262 valence electrons. The molecule has 18 nitrogen and oxygen atoms in total. The number of hydrogen-bond donors (Lipinski definition) is 10. The van der Waals surface area contributed by atoms with Crippen LogP contribution in [0.2, 0.25) is 0 Å². The van der Waals surface area contributed by atoms with Crippen molar-refractivity contribution in [3.63, 3.8) is 0 Å². The van der Waals surface area contributed by atoms with Crippen molar-refractivity contribution in [2.75, 3.05) is 52.6 Å². The van der Waals surface area contributed by atoms with Crippen LogP contribution in [0, 0.1) is 0 Å². The van der Waals surface area contributed by atoms with Gasteiger partial charge in [-0.1, -0.05) is 0 Å². The average Bonchev–Trinajstić information content (AvgIpc) is 3.49. The van der Waals surface area contributed by atoms with Crippen molar-refractivity contribution in [2.45, 2.75) is 75.3 Å². The molecule has 0 spiro atoms. The second-order valence-corrected chi connectivity index (χ2v) is 11.5. The zero-order chi connectivity index (χ0) is 35.0. The van der Waals surface area contributed by atoms with Gasteiger partial charge in [0.2, 0.25) is 35.4 Å². The molecule has 1 rings (SSSR count). The quantitative estimate of drug-likeness (QED) is 0.0430. The predicted octanol–water partition coefficient (Wildman–Crippen LogP) is -4.89. The summed E-state index contributed by atoms with van der Waals surface area (Å²) in [6.45, 7) is 0.308. The maximum absolute atomic E-state index is 13.3. The highest BCUT2D eigenvalue weighted by Gasteiger charge is 2.38. The lowest BCUT2D eigenvalue weighted by atomic mass is 10.1. The van der Waals surface area contributed by atoms with Gasteiger partial charge in [0.05, 0.1) is 25.8 Å². The molecule has 1 fully saturated rings. The Labute approximate surface area is 272 Å². The Morgan fingerprint density at radius 2 is 1.59 bits per heavy atom. The number of carboxylic acid groups (broad SMARTS) is 1. The van der Waals surface area contributed by atoms with Crippen LogP contribution in [-0.4, -0.2) is 155 Å². The van der Waals surface area contributed by atoms with Crippen molar-refractivity contribution in [2.24, 2.45) is 5.73 Å². The third-order valence-electron chi connectivity index (χ3n) is 7.00. The van der Waals surface area contributed by atoms with E-state index in [1.165, 1.54) is 11.8 Å². The Hall–Kier alpha value is -3.52. The summed E-state index contributed by atoms with van der Waals surface area (Å²) in [5.41, 5.74) is 5.55. The van der Waals surface area contributed by atoms with Crippen LogP contribution >= 0.6 is 12.6 Å². The summed E-state index contributed by atoms with van der Waals surface area (Å²) in [6.07, 6.45) is 0.459. The molecular weight excluding hydrogens is 628 g/mol. The molecule has 0 aliphatic carbocycles. The van der Waals surface area contributed by atoms with Gasteiger partial charge in [0.15, 0.2) is 0 Å². The summed E-state index contributed by atoms with van der Waals surface area (Å²) in [6, 6.07) is -6.31. The Balaban J connectivity index is 2.83. The molecule has 0 saturated carbocycles. The number of aliphatic carboxylic acids is 1. The Kier molecular flexibility index (Phi) is 18.1. The molecule has 0 unspecified atom stereocenters. The minimum Gasteiger partial charge on any atom is -0.480 e. The SMILES string of the molecule is C[C@@H](O)[C@H](NC(=O)CNC(=O)[C@H](CS)NC(=O)[C@H](CO)NC(=O)CN(C)C)C(=O)N[C@@H](CCCCN)C(=O)N1CCC[C@H]1C(=O)O. The number of nitrogens with zero attached hydrogens (tertiary/aromatic N) is 2. The lowest BCUT2D eigenvalue weighted by Crippen LogP contribution is -2.59. The van der Waals surface area contributed by atoms with Gasteiger partial charge < -0.3 is 57.4 Å². The molecule has 46 heavy (non-hydrogen) atoms. The van der Waals surface area contributed by atoms with Crippen LogP contribution in [0.3, 0.4) is 0 Å². The molecule has 10 N–H and O–H groups in total. The summed E-state index contributed by atoms with van der Waals surface area (Å²) in [5.74, 6) is -5.99. The van der Waals surface area contributed by atoms with Crippen molar-refractivity contribution >= 4 is 54.0 Å². The second kappa shape index (κ2) is 20.6. The highest BCUT2D eigenvalue weighted by Crippen LogP contribution is 2.20. The van der Waals surface area contributed by atoms with Crippen molar-refractivity contribution < 1.29 is 48.9 Å². The maximum Gasteiger partial charge on any atom is 0.326 e. The van der Waals surface area contributed by atoms with E-state index in [9.17, 15) is 48.9 Å². The van der Waals surface area contributed by atoms with Gasteiger partial charge in [0, 0.05) is 12.3 Å². The van der Waals surface area contributed by atoms with E-state index in [4.69, 9.17) is 5.73 Å². The number of rotatable bonds is 20. The summed E-state index contributed by atoms with van der Waals surface area (Å²) in [5, 5.41) is 41.0. The summed E-state index contributed by atoms with van der Waals surface area (Å²) in [7, 11) is 3.27. The fourth-order valence-electron chi connectivity index (χ4n) is 4.61. The number of likely N-dealkylation sites (tertiary alicyclic amines) is 1. The summed E-state index contributed by atoms with van der Waals surface area (Å²) in [4.78, 5) is 90.6. The van der Waals surface area contributed by atoms with Crippen LogP contribution in [-0.2, 0) is 33.6 Å². The molecular formula is C27H48N8O10S. The third kappa shape index (κ3) is 13.5. The number of nitrogens with two attached hydrogens (primary N) is 1. The summed E-state index contributed by atoms with van der Waals surface area (Å²) < 4.78 is 0. The molecule has 1 heterocycles. The van der Waals surface area contributed by atoms with Crippen molar-refractivity contribution in [3.05, 3.63) is 0 Å². The zero-order valence-electron chi connectivity index (χ0n) is 26.4. The number of amides is 6. The first-order valence-electron chi connectivity index (χ1n) is 14.9. The first kappa shape index (κ1) is 40.5. The van der Waals surface area contributed by atoms with Gasteiger partial charge in [0.25, 0.3) is 0 Å². The number of carbonyl (C=O) groups is 7. The van der Waals surface area contributed by atoms with Crippen LogP contribution in [0.5, 0.6) is 0 Å². The van der Waals surface area contributed by atoms with E-state index in [1.54, 1.807) is 19.0 Å². The van der Waals surface area contributed by atoms with Gasteiger partial charge in [-0.05, 0) is 59.7 Å². The molecule has 1 aliphatic heterocycles. The topological polar surface area (TPSA) is 273 Å². The van der Waals surface area contributed by atoms with Crippen LogP contribution in [0.4, 0.5) is 0 Å². The lowest BCUT2D eigenvalue weighted by molar-refractivity contribution is -0.149. The Morgan fingerprint density at radius 1 is 0.935 bits per heavy atom. The molecule has 19 heteroatoms. The molecule has 0 aromatic heterocycles. The first-order valence-corrected chi connectivity index (χ1v) is 15.5. The first-order chi connectivity index (χ1) is 21.7. The smallest absolute Gasteiger partial charge is 0.326 e. The number of hydrogen-bond acceptors (Lipinski definition) is 12. The second-order valence-electron chi connectivity index (χ2n) is 11.2. The van der Waals surface area contributed by atoms with Gasteiger partial charge in [0.1, 0.15) is 30.2 Å². The van der Waals surface area contributed by atoms with Gasteiger partial charge in [-0.3, -0.25) is 28.8 Å². The zero-order valence-corrected chi connectivity index (χ0v) is 27.3. The third-order valence-corrected chi connectivity index (χ3v) is 7.36. The average molecular weight is 677 g/mol. The van der Waals surface area contributed by atoms with E-state index in [2.05, 4.69) is 39.2 Å². The van der Waals surface area contributed by atoms with Gasteiger partial charge >= 0.3 is 5.97 Å². The van der Waals surface area contributed by atoms with Crippen LogP contribution in [0.25, 0.3) is 0 Å². The molecule has 1 saturated heterocycles. The fraction of sp³-hybridized carbons (Fsp3) is 0.741. The minimum absolute atomic E-state index is 0.0459. The maximum atomic E-state index is 13.3. The van der Waals surface area contributed by atoms with Crippen molar-refractivity contribution in [3.8, 4) is 0 Å². The lowest BCUT2D eigenvalue weighted by Gasteiger charge is -2.29. The number of thiol groups is 1. The number of unbranched alkanes of at least 4 members (excludes halogenated alkanes) is 1.